The highest BCUT2D eigenvalue weighted by molar-refractivity contribution is 5.87. The molecule has 5 rings (SSSR count). The van der Waals surface area contributed by atoms with Crippen LogP contribution in [0.4, 0.5) is 11.8 Å². The van der Waals surface area contributed by atoms with Crippen LogP contribution in [0.2, 0.25) is 0 Å². The number of hydrogen-bond donors (Lipinski definition) is 2. The Morgan fingerprint density at radius 2 is 2.15 bits per heavy atom. The Morgan fingerprint density at radius 3 is 2.90 bits per heavy atom. The zero-order chi connectivity index (χ0) is 29.1. The summed E-state index contributed by atoms with van der Waals surface area (Å²) in [5.41, 5.74) is 4.91. The van der Waals surface area contributed by atoms with E-state index >= 15 is 0 Å². The number of piperazine rings is 1. The van der Waals surface area contributed by atoms with E-state index in [9.17, 15) is 14.9 Å². The third-order valence-electron chi connectivity index (χ3n) is 7.77. The van der Waals surface area contributed by atoms with Gasteiger partial charge in [-0.3, -0.25) is 14.7 Å². The topological polar surface area (TPSA) is 143 Å². The Balaban J connectivity index is 1.48. The van der Waals surface area contributed by atoms with Crippen LogP contribution in [-0.4, -0.2) is 88.1 Å². The average Bonchev–Trinajstić information content (AvgIpc) is 3.45. The highest BCUT2D eigenvalue weighted by Gasteiger charge is 2.34. The summed E-state index contributed by atoms with van der Waals surface area (Å²) in [6.07, 6.45) is 3.95. The number of aromatic nitrogens is 4. The second-order valence-electron chi connectivity index (χ2n) is 10.6. The van der Waals surface area contributed by atoms with Gasteiger partial charge in [-0.2, -0.15) is 15.3 Å². The number of benzene rings is 1. The van der Waals surface area contributed by atoms with Crippen LogP contribution in [0.5, 0.6) is 0 Å². The predicted molar refractivity (Wildman–Crippen MR) is 154 cm³/mol. The highest BCUT2D eigenvalue weighted by atomic mass is 16.5. The van der Waals surface area contributed by atoms with Crippen molar-refractivity contribution in [3.8, 4) is 6.07 Å². The van der Waals surface area contributed by atoms with Crippen LogP contribution in [0.3, 0.4) is 0 Å². The first-order chi connectivity index (χ1) is 19.8. The van der Waals surface area contributed by atoms with Gasteiger partial charge in [0.15, 0.2) is 0 Å². The molecular formula is C29H35N9O3. The van der Waals surface area contributed by atoms with Crippen LogP contribution in [-0.2, 0) is 27.4 Å². The van der Waals surface area contributed by atoms with Crippen LogP contribution >= 0.6 is 0 Å². The summed E-state index contributed by atoms with van der Waals surface area (Å²) in [6, 6.07) is 6.00. The first-order valence-corrected chi connectivity index (χ1v) is 13.7. The number of nitrogens with one attached hydrogen (secondary N) is 2. The van der Waals surface area contributed by atoms with E-state index in [2.05, 4.69) is 46.1 Å². The number of amides is 2. The normalized spacial score (nSPS) is 18.5. The molecule has 2 aliphatic rings. The number of nitriles is 1. The zero-order valence-electron chi connectivity index (χ0n) is 23.7. The summed E-state index contributed by atoms with van der Waals surface area (Å²) in [6.45, 7) is 7.83. The molecule has 0 spiro atoms. The van der Waals surface area contributed by atoms with Gasteiger partial charge in [-0.05, 0) is 30.2 Å². The summed E-state index contributed by atoms with van der Waals surface area (Å²) < 4.78 is 6.46. The lowest BCUT2D eigenvalue weighted by Gasteiger charge is -2.42. The third-order valence-corrected chi connectivity index (χ3v) is 7.77. The lowest BCUT2D eigenvalue weighted by molar-refractivity contribution is -0.129. The van der Waals surface area contributed by atoms with Crippen molar-refractivity contribution in [2.45, 2.75) is 44.9 Å². The summed E-state index contributed by atoms with van der Waals surface area (Å²) >= 11 is 0. The molecule has 214 valence electrons. The first kappa shape index (κ1) is 28.0. The molecule has 12 nitrogen and oxygen atoms in total. The molecule has 0 radical (unpaired) electrons. The number of rotatable bonds is 8. The molecule has 0 aliphatic carbocycles. The van der Waals surface area contributed by atoms with Crippen LogP contribution in [0.1, 0.15) is 41.3 Å². The number of anilines is 2. The number of nitrogens with zero attached hydrogens (tertiary/aromatic N) is 7. The van der Waals surface area contributed by atoms with Gasteiger partial charge >= 0.3 is 0 Å². The number of fused-ring (bicyclic) bond motifs is 2. The number of aryl methyl sites for hydroxylation is 1. The molecule has 0 bridgehead atoms. The van der Waals surface area contributed by atoms with E-state index in [1.165, 1.54) is 6.08 Å². The fourth-order valence-corrected chi connectivity index (χ4v) is 5.59. The maximum atomic E-state index is 12.5. The molecule has 2 N–H and O–H groups in total. The second-order valence-corrected chi connectivity index (χ2v) is 10.6. The van der Waals surface area contributed by atoms with E-state index in [0.29, 0.717) is 51.6 Å². The maximum absolute atomic E-state index is 12.5. The Labute approximate surface area is 239 Å². The number of hydrogen-bond acceptors (Lipinski definition) is 9. The van der Waals surface area contributed by atoms with Crippen molar-refractivity contribution in [3.63, 3.8) is 0 Å². The molecule has 1 aromatic carbocycles. The highest BCUT2D eigenvalue weighted by Crippen LogP contribution is 2.38. The minimum atomic E-state index is -0.294. The molecule has 0 saturated carbocycles. The second kappa shape index (κ2) is 11.9. The summed E-state index contributed by atoms with van der Waals surface area (Å²) in [4.78, 5) is 39.7. The lowest BCUT2D eigenvalue weighted by atomic mass is 9.93. The fraction of sp³-hybridized carbons (Fsp3) is 0.448. The van der Waals surface area contributed by atoms with Gasteiger partial charge in [0.1, 0.15) is 5.82 Å². The van der Waals surface area contributed by atoms with Gasteiger partial charge in [0.05, 0.1) is 48.7 Å². The van der Waals surface area contributed by atoms with Crippen LogP contribution in [0, 0.1) is 18.3 Å². The molecule has 1 unspecified atom stereocenters. The molecule has 2 aliphatic heterocycles. The minimum absolute atomic E-state index is 0.00943. The van der Waals surface area contributed by atoms with Gasteiger partial charge in [0.2, 0.25) is 17.8 Å². The van der Waals surface area contributed by atoms with Crippen molar-refractivity contribution >= 4 is 34.5 Å². The van der Waals surface area contributed by atoms with Crippen molar-refractivity contribution in [2.75, 3.05) is 50.5 Å². The van der Waals surface area contributed by atoms with Crippen LogP contribution < -0.4 is 10.2 Å². The third kappa shape index (κ3) is 5.71. The van der Waals surface area contributed by atoms with E-state index in [-0.39, 0.29) is 30.4 Å². The Bertz CT molecular complexity index is 1510. The average molecular weight is 558 g/mol. The van der Waals surface area contributed by atoms with Gasteiger partial charge in [-0.15, -0.1) is 0 Å². The van der Waals surface area contributed by atoms with Crippen molar-refractivity contribution in [1.29, 1.82) is 5.26 Å². The van der Waals surface area contributed by atoms with E-state index < -0.39 is 0 Å². The molecule has 3 aromatic rings. The Morgan fingerprint density at radius 1 is 1.32 bits per heavy atom. The summed E-state index contributed by atoms with van der Waals surface area (Å²) in [5, 5.41) is 21.0. The Hall–Kier alpha value is -4.50. The van der Waals surface area contributed by atoms with Crippen molar-refractivity contribution < 1.29 is 14.3 Å². The lowest BCUT2D eigenvalue weighted by Crippen LogP contribution is -2.55. The van der Waals surface area contributed by atoms with Gasteiger partial charge < -0.3 is 24.8 Å². The molecule has 4 heterocycles. The molecule has 1 saturated heterocycles. The number of aromatic amines is 1. The predicted octanol–water partition coefficient (Wildman–Crippen LogP) is 2.48. The monoisotopic (exact) mass is 557 g/mol. The van der Waals surface area contributed by atoms with Gasteiger partial charge in [-0.1, -0.05) is 12.6 Å². The van der Waals surface area contributed by atoms with E-state index in [0.717, 1.165) is 39.1 Å². The van der Waals surface area contributed by atoms with E-state index in [1.807, 2.05) is 12.3 Å². The van der Waals surface area contributed by atoms with Crippen molar-refractivity contribution in [3.05, 3.63) is 53.4 Å². The molecular weight excluding hydrogens is 522 g/mol. The van der Waals surface area contributed by atoms with Crippen LogP contribution in [0.15, 0.2) is 31.0 Å². The largest absolute Gasteiger partial charge is 0.368 e. The van der Waals surface area contributed by atoms with Crippen molar-refractivity contribution in [1.82, 2.24) is 30.0 Å². The fourth-order valence-electron chi connectivity index (χ4n) is 5.59. The molecule has 2 amide bonds. The van der Waals surface area contributed by atoms with Crippen LogP contribution in [0.25, 0.3) is 10.9 Å². The number of H-pyrrole nitrogens is 1. The van der Waals surface area contributed by atoms with Gasteiger partial charge in [0, 0.05) is 64.1 Å². The van der Waals surface area contributed by atoms with E-state index in [1.54, 1.807) is 23.9 Å². The summed E-state index contributed by atoms with van der Waals surface area (Å²) in [7, 11) is 3.46. The summed E-state index contributed by atoms with van der Waals surface area (Å²) in [5.74, 6) is 0.986. The smallest absolute Gasteiger partial charge is 0.246 e. The number of ether oxygens (including phenoxy) is 1. The molecule has 1 fully saturated rings. The van der Waals surface area contributed by atoms with Gasteiger partial charge in [-0.25, -0.2) is 4.98 Å². The van der Waals surface area contributed by atoms with Crippen molar-refractivity contribution in [2.24, 2.45) is 0 Å². The SMILES string of the molecule is C=CC(=O)N1CCN(c2nc(NCCC(=O)N(C)C)nc3c2COC(c2c(C)ccc4[nH]ncc24)C3)C[C@@H]1CC#N. The minimum Gasteiger partial charge on any atom is -0.368 e. The molecule has 12 heteroatoms. The molecule has 41 heavy (non-hydrogen) atoms. The molecule has 2 atom stereocenters. The number of carbonyl (C=O) groups is 2. The standard InChI is InChI=1S/C29H35N9O3/c1-5-25(39)38-13-12-37(16-19(38)8-10-30)28-21-17-41-24(27-18(2)6-7-22-20(27)15-32-35-22)14-23(21)33-29(34-28)31-11-9-26(40)36(3)4/h5-7,15,19,24H,1,8-9,11-14,16-17H2,2-4H3,(H,32,35)(H,31,33,34)/t19-,24?/m0/s1. The van der Waals surface area contributed by atoms with E-state index in [4.69, 9.17) is 14.7 Å². The first-order valence-electron chi connectivity index (χ1n) is 13.7. The number of carbonyl (C=O) groups excluding carboxylic acids is 2. The Kier molecular flexibility index (Phi) is 8.16. The maximum Gasteiger partial charge on any atom is 0.246 e. The van der Waals surface area contributed by atoms with Gasteiger partial charge in [0.25, 0.3) is 0 Å². The zero-order valence-corrected chi connectivity index (χ0v) is 23.7. The molecule has 2 aromatic heterocycles. The quantitative estimate of drug-likeness (QED) is 0.399.